The third-order valence-electron chi connectivity index (χ3n) is 6.20. The van der Waals surface area contributed by atoms with E-state index in [2.05, 4.69) is 5.32 Å². The fraction of sp³-hybridized carbons (Fsp3) is 0.632. The molecule has 1 N–H and O–H groups in total. The molecule has 0 radical (unpaired) electrons. The number of fused-ring (bicyclic) bond motifs is 2. The van der Waals surface area contributed by atoms with Crippen LogP contribution in [-0.4, -0.2) is 37.8 Å². The van der Waals surface area contributed by atoms with E-state index >= 15 is 0 Å². The van der Waals surface area contributed by atoms with Crippen molar-refractivity contribution in [2.45, 2.75) is 49.5 Å². The normalized spacial score (nSPS) is 32.6. The second kappa shape index (κ2) is 6.72. The van der Waals surface area contributed by atoms with Gasteiger partial charge in [-0.2, -0.15) is 4.31 Å². The molecule has 1 heterocycles. The summed E-state index contributed by atoms with van der Waals surface area (Å²) in [6.45, 7) is 0.791. The van der Waals surface area contributed by atoms with Crippen molar-refractivity contribution in [2.24, 2.45) is 17.8 Å². The number of piperidine rings is 1. The molecule has 1 aromatic rings. The molecule has 1 aromatic carbocycles. The van der Waals surface area contributed by atoms with Crippen molar-refractivity contribution in [3.8, 4) is 0 Å². The molecule has 25 heavy (non-hydrogen) atoms. The second-order valence-electron chi connectivity index (χ2n) is 7.81. The highest BCUT2D eigenvalue weighted by molar-refractivity contribution is 7.89. The highest BCUT2D eigenvalue weighted by Crippen LogP contribution is 2.44. The summed E-state index contributed by atoms with van der Waals surface area (Å²) in [6, 6.07) is 8.82. The number of amides is 1. The summed E-state index contributed by atoms with van der Waals surface area (Å²) >= 11 is 0. The molecule has 2 aliphatic carbocycles. The van der Waals surface area contributed by atoms with Crippen LogP contribution in [0, 0.1) is 17.8 Å². The summed E-state index contributed by atoms with van der Waals surface area (Å²) in [5.41, 5.74) is 0. The minimum absolute atomic E-state index is 0.0468. The van der Waals surface area contributed by atoms with Crippen molar-refractivity contribution in [3.63, 3.8) is 0 Å². The van der Waals surface area contributed by atoms with Gasteiger partial charge in [-0.05, 0) is 56.1 Å². The summed E-state index contributed by atoms with van der Waals surface area (Å²) in [6.07, 6.45) is 6.41. The van der Waals surface area contributed by atoms with E-state index in [1.807, 2.05) is 0 Å². The van der Waals surface area contributed by atoms with E-state index < -0.39 is 10.0 Å². The quantitative estimate of drug-likeness (QED) is 0.894. The number of rotatable bonds is 4. The van der Waals surface area contributed by atoms with Crippen LogP contribution in [-0.2, 0) is 14.8 Å². The van der Waals surface area contributed by atoms with Gasteiger partial charge in [0.05, 0.1) is 10.8 Å². The number of sulfonamides is 1. The van der Waals surface area contributed by atoms with E-state index in [-0.39, 0.29) is 11.8 Å². The highest BCUT2D eigenvalue weighted by Gasteiger charge is 2.41. The van der Waals surface area contributed by atoms with E-state index in [0.717, 1.165) is 25.2 Å². The molecule has 4 rings (SSSR count). The average Bonchev–Trinajstić information content (AvgIpc) is 3.25. The van der Waals surface area contributed by atoms with Crippen molar-refractivity contribution < 1.29 is 13.2 Å². The number of hydrogen-bond acceptors (Lipinski definition) is 3. The van der Waals surface area contributed by atoms with Gasteiger partial charge in [0.2, 0.25) is 15.9 Å². The third kappa shape index (κ3) is 3.34. The Labute approximate surface area is 149 Å². The minimum atomic E-state index is -3.51. The van der Waals surface area contributed by atoms with Crippen molar-refractivity contribution >= 4 is 15.9 Å². The van der Waals surface area contributed by atoms with Crippen LogP contribution in [0.25, 0.3) is 0 Å². The molecular formula is C19H26N2O3S. The molecule has 0 aromatic heterocycles. The van der Waals surface area contributed by atoms with E-state index in [4.69, 9.17) is 0 Å². The monoisotopic (exact) mass is 362 g/mol. The molecular weight excluding hydrogens is 336 g/mol. The number of benzene rings is 1. The maximum atomic E-state index is 12.8. The van der Waals surface area contributed by atoms with Crippen molar-refractivity contribution in [3.05, 3.63) is 30.3 Å². The lowest BCUT2D eigenvalue weighted by molar-refractivity contribution is -0.127. The van der Waals surface area contributed by atoms with Crippen molar-refractivity contribution in [1.29, 1.82) is 0 Å². The van der Waals surface area contributed by atoms with Crippen LogP contribution in [0.3, 0.4) is 0 Å². The fourth-order valence-electron chi connectivity index (χ4n) is 4.84. The van der Waals surface area contributed by atoms with E-state index in [1.165, 1.54) is 23.6 Å². The largest absolute Gasteiger partial charge is 0.353 e. The zero-order chi connectivity index (χ0) is 17.4. The predicted octanol–water partition coefficient (Wildman–Crippen LogP) is 2.39. The van der Waals surface area contributed by atoms with Crippen LogP contribution in [0.4, 0.5) is 0 Å². The number of nitrogens with one attached hydrogen (secondary N) is 1. The number of carbonyl (C=O) groups excluding carboxylic acids is 1. The van der Waals surface area contributed by atoms with Crippen molar-refractivity contribution in [1.82, 2.24) is 9.62 Å². The molecule has 6 heteroatoms. The summed E-state index contributed by atoms with van der Waals surface area (Å²) in [4.78, 5) is 13.0. The smallest absolute Gasteiger partial charge is 0.243 e. The molecule has 136 valence electrons. The van der Waals surface area contributed by atoms with E-state index in [9.17, 15) is 13.2 Å². The first-order valence-corrected chi connectivity index (χ1v) is 10.8. The van der Waals surface area contributed by atoms with Crippen LogP contribution in [0.2, 0.25) is 0 Å². The molecule has 1 amide bonds. The van der Waals surface area contributed by atoms with Gasteiger partial charge < -0.3 is 5.32 Å². The molecule has 3 fully saturated rings. The summed E-state index contributed by atoms with van der Waals surface area (Å²) < 4.78 is 27.1. The molecule has 3 aliphatic rings. The van der Waals surface area contributed by atoms with Gasteiger partial charge in [0.15, 0.2) is 0 Å². The van der Waals surface area contributed by atoms with Gasteiger partial charge in [-0.15, -0.1) is 0 Å². The lowest BCUT2D eigenvalue weighted by Crippen LogP contribution is -2.48. The van der Waals surface area contributed by atoms with Crippen LogP contribution in [0.1, 0.15) is 38.5 Å². The zero-order valence-corrected chi connectivity index (χ0v) is 15.2. The molecule has 4 atom stereocenters. The van der Waals surface area contributed by atoms with Crippen LogP contribution >= 0.6 is 0 Å². The van der Waals surface area contributed by atoms with Gasteiger partial charge in [0.25, 0.3) is 0 Å². The van der Waals surface area contributed by atoms with Gasteiger partial charge in [0.1, 0.15) is 0 Å². The Balaban J connectivity index is 1.41. The minimum Gasteiger partial charge on any atom is -0.353 e. The van der Waals surface area contributed by atoms with Crippen LogP contribution in [0.5, 0.6) is 0 Å². The third-order valence-corrected chi connectivity index (χ3v) is 8.08. The van der Waals surface area contributed by atoms with Crippen molar-refractivity contribution in [2.75, 3.05) is 13.1 Å². The Morgan fingerprint density at radius 2 is 1.88 bits per heavy atom. The number of hydrogen-bond donors (Lipinski definition) is 1. The SMILES string of the molecule is O=C(N[C@@H]1C[C@H]2CC[C@H]1C2)[C@H]1CCCN(S(=O)(=O)c2ccccc2)C1. The van der Waals surface area contributed by atoms with Gasteiger partial charge in [-0.3, -0.25) is 4.79 Å². The molecule has 2 saturated carbocycles. The van der Waals surface area contributed by atoms with Gasteiger partial charge in [-0.1, -0.05) is 24.6 Å². The van der Waals surface area contributed by atoms with Gasteiger partial charge in [0, 0.05) is 19.1 Å². The Kier molecular flexibility index (Phi) is 4.58. The zero-order valence-electron chi connectivity index (χ0n) is 14.4. The number of carbonyl (C=O) groups is 1. The topological polar surface area (TPSA) is 66.5 Å². The highest BCUT2D eigenvalue weighted by atomic mass is 32.2. The maximum absolute atomic E-state index is 12.8. The molecule has 1 saturated heterocycles. The average molecular weight is 362 g/mol. The summed E-state index contributed by atoms with van der Waals surface area (Å²) in [5.74, 6) is 1.25. The standard InChI is InChI=1S/C19H26N2O3S/c22-19(20-18-12-14-8-9-15(18)11-14)16-5-4-10-21(13-16)25(23,24)17-6-2-1-3-7-17/h1-3,6-7,14-16,18H,4-5,8-13H2,(H,20,22)/t14-,15-,16-,18+/m0/s1. The van der Waals surface area contributed by atoms with Crippen LogP contribution in [0.15, 0.2) is 35.2 Å². The second-order valence-corrected chi connectivity index (χ2v) is 9.74. The lowest BCUT2D eigenvalue weighted by atomic mass is 9.93. The Bertz CT molecular complexity index is 734. The Hall–Kier alpha value is -1.40. The summed E-state index contributed by atoms with van der Waals surface area (Å²) in [5, 5.41) is 3.23. The molecule has 1 aliphatic heterocycles. The molecule has 0 unspecified atom stereocenters. The van der Waals surface area contributed by atoms with E-state index in [0.29, 0.717) is 29.9 Å². The lowest BCUT2D eigenvalue weighted by Gasteiger charge is -2.32. The molecule has 2 bridgehead atoms. The number of nitrogens with zero attached hydrogens (tertiary/aromatic N) is 1. The summed E-state index contributed by atoms with van der Waals surface area (Å²) in [7, 11) is -3.51. The molecule has 0 spiro atoms. The maximum Gasteiger partial charge on any atom is 0.243 e. The predicted molar refractivity (Wildman–Crippen MR) is 95.3 cm³/mol. The van der Waals surface area contributed by atoms with Gasteiger partial charge >= 0.3 is 0 Å². The Morgan fingerprint density at radius 1 is 1.08 bits per heavy atom. The first-order valence-electron chi connectivity index (χ1n) is 9.39. The van der Waals surface area contributed by atoms with Gasteiger partial charge in [-0.25, -0.2) is 8.42 Å². The molecule has 5 nitrogen and oxygen atoms in total. The fourth-order valence-corrected chi connectivity index (χ4v) is 6.38. The first kappa shape index (κ1) is 17.0. The Morgan fingerprint density at radius 3 is 2.56 bits per heavy atom. The van der Waals surface area contributed by atoms with E-state index in [1.54, 1.807) is 30.3 Å². The first-order chi connectivity index (χ1) is 12.0. The van der Waals surface area contributed by atoms with Crippen LogP contribution < -0.4 is 5.32 Å².